The lowest BCUT2D eigenvalue weighted by Crippen LogP contribution is -2.45. The van der Waals surface area contributed by atoms with Crippen LogP contribution in [0.5, 0.6) is 0 Å². The summed E-state index contributed by atoms with van der Waals surface area (Å²) in [6.07, 6.45) is 0.350. The standard InChI is InChI=1S/C13H17ClF2N2.ClH/c14-12-2-1-10(16)9-11(12)13(3-4-15)18-7-5-17-6-8-18;/h1-2,9,13,17H,3-8H2;1H/t13-;/m1./s1. The van der Waals surface area contributed by atoms with Crippen LogP contribution >= 0.6 is 24.0 Å². The molecule has 0 unspecified atom stereocenters. The van der Waals surface area contributed by atoms with Crippen molar-refractivity contribution in [1.82, 2.24) is 10.2 Å². The molecule has 1 aromatic carbocycles. The summed E-state index contributed by atoms with van der Waals surface area (Å²) in [6.45, 7) is 2.97. The van der Waals surface area contributed by atoms with Crippen LogP contribution < -0.4 is 5.32 Å². The largest absolute Gasteiger partial charge is 0.314 e. The van der Waals surface area contributed by atoms with E-state index >= 15 is 0 Å². The fourth-order valence-corrected chi connectivity index (χ4v) is 2.65. The first-order valence-electron chi connectivity index (χ1n) is 6.18. The molecule has 1 fully saturated rings. The van der Waals surface area contributed by atoms with Crippen molar-refractivity contribution in [2.24, 2.45) is 0 Å². The monoisotopic (exact) mass is 310 g/mol. The number of hydrogen-bond acceptors (Lipinski definition) is 2. The summed E-state index contributed by atoms with van der Waals surface area (Å²) in [4.78, 5) is 2.16. The molecule has 0 aromatic heterocycles. The van der Waals surface area contributed by atoms with Crippen LogP contribution in [0.3, 0.4) is 0 Å². The quantitative estimate of drug-likeness (QED) is 0.918. The van der Waals surface area contributed by atoms with Gasteiger partial charge in [-0.05, 0) is 30.2 Å². The van der Waals surface area contributed by atoms with E-state index < -0.39 is 6.67 Å². The van der Waals surface area contributed by atoms with Gasteiger partial charge in [0.1, 0.15) is 5.82 Å². The maximum Gasteiger partial charge on any atom is 0.123 e. The van der Waals surface area contributed by atoms with Crippen LogP contribution in [0.2, 0.25) is 5.02 Å². The Balaban J connectivity index is 0.00000180. The first-order chi connectivity index (χ1) is 8.72. The predicted molar refractivity (Wildman–Crippen MR) is 76.4 cm³/mol. The van der Waals surface area contributed by atoms with Gasteiger partial charge in [-0.15, -0.1) is 12.4 Å². The Morgan fingerprint density at radius 1 is 1.32 bits per heavy atom. The summed E-state index contributed by atoms with van der Waals surface area (Å²) >= 11 is 6.11. The maximum atomic E-state index is 13.3. The van der Waals surface area contributed by atoms with Crippen molar-refractivity contribution in [1.29, 1.82) is 0 Å². The van der Waals surface area contributed by atoms with E-state index in [9.17, 15) is 8.78 Å². The third-order valence-electron chi connectivity index (χ3n) is 3.29. The Labute approximate surface area is 123 Å². The summed E-state index contributed by atoms with van der Waals surface area (Å²) in [5.41, 5.74) is 0.691. The molecular formula is C13H18Cl2F2N2. The number of benzene rings is 1. The Kier molecular flexibility index (Phi) is 7.00. The minimum absolute atomic E-state index is 0. The van der Waals surface area contributed by atoms with E-state index in [4.69, 9.17) is 11.6 Å². The molecular weight excluding hydrogens is 293 g/mol. The normalized spacial score (nSPS) is 17.8. The molecule has 0 amide bonds. The van der Waals surface area contributed by atoms with E-state index in [0.29, 0.717) is 17.0 Å². The summed E-state index contributed by atoms with van der Waals surface area (Å²) in [5, 5.41) is 3.75. The molecule has 6 heteroatoms. The van der Waals surface area contributed by atoms with Crippen LogP contribution in [0.1, 0.15) is 18.0 Å². The predicted octanol–water partition coefficient (Wildman–Crippen LogP) is 3.21. The highest BCUT2D eigenvalue weighted by Crippen LogP contribution is 2.31. The van der Waals surface area contributed by atoms with Gasteiger partial charge in [-0.2, -0.15) is 0 Å². The third-order valence-corrected chi connectivity index (χ3v) is 3.64. The van der Waals surface area contributed by atoms with Gasteiger partial charge in [-0.3, -0.25) is 9.29 Å². The Morgan fingerprint density at radius 3 is 2.63 bits per heavy atom. The molecule has 1 saturated heterocycles. The maximum absolute atomic E-state index is 13.3. The SMILES string of the molecule is Cl.FCC[C@H](c1cc(F)ccc1Cl)N1CCNCC1. The number of rotatable bonds is 4. The van der Waals surface area contributed by atoms with E-state index in [-0.39, 0.29) is 24.3 Å². The van der Waals surface area contributed by atoms with Gasteiger partial charge in [-0.25, -0.2) is 4.39 Å². The zero-order valence-electron chi connectivity index (χ0n) is 10.5. The average Bonchev–Trinajstić information content (AvgIpc) is 2.40. The molecule has 0 bridgehead atoms. The van der Waals surface area contributed by atoms with Crippen molar-refractivity contribution in [2.45, 2.75) is 12.5 Å². The molecule has 19 heavy (non-hydrogen) atoms. The second-order valence-corrected chi connectivity index (χ2v) is 4.85. The van der Waals surface area contributed by atoms with Gasteiger partial charge in [0.05, 0.1) is 6.67 Å². The van der Waals surface area contributed by atoms with Crippen molar-refractivity contribution < 1.29 is 8.78 Å². The van der Waals surface area contributed by atoms with Crippen molar-refractivity contribution in [3.8, 4) is 0 Å². The zero-order valence-corrected chi connectivity index (χ0v) is 12.1. The van der Waals surface area contributed by atoms with Crippen molar-refractivity contribution in [3.63, 3.8) is 0 Å². The summed E-state index contributed by atoms with van der Waals surface area (Å²) in [6, 6.07) is 4.15. The molecule has 1 heterocycles. The number of piperazine rings is 1. The van der Waals surface area contributed by atoms with E-state index in [1.54, 1.807) is 6.07 Å². The molecule has 2 nitrogen and oxygen atoms in total. The molecule has 0 aliphatic carbocycles. The molecule has 1 aliphatic heterocycles. The first kappa shape index (κ1) is 16.6. The minimum atomic E-state index is -0.429. The van der Waals surface area contributed by atoms with Crippen molar-refractivity contribution in [2.75, 3.05) is 32.9 Å². The number of alkyl halides is 1. The molecule has 2 rings (SSSR count). The van der Waals surface area contributed by atoms with Crippen LogP contribution in [0, 0.1) is 5.82 Å². The van der Waals surface area contributed by atoms with Gasteiger partial charge in [-0.1, -0.05) is 11.6 Å². The van der Waals surface area contributed by atoms with Gasteiger partial charge < -0.3 is 5.32 Å². The highest BCUT2D eigenvalue weighted by Gasteiger charge is 2.24. The Morgan fingerprint density at radius 2 is 2.00 bits per heavy atom. The summed E-state index contributed by atoms with van der Waals surface area (Å²) in [5.74, 6) is -0.326. The van der Waals surface area contributed by atoms with Gasteiger partial charge >= 0.3 is 0 Å². The van der Waals surface area contributed by atoms with Gasteiger partial charge in [0.2, 0.25) is 0 Å². The Hall–Kier alpha value is -0.420. The van der Waals surface area contributed by atoms with Gasteiger partial charge in [0.25, 0.3) is 0 Å². The molecule has 0 radical (unpaired) electrons. The summed E-state index contributed by atoms with van der Waals surface area (Å²) < 4.78 is 26.1. The molecule has 108 valence electrons. The smallest absolute Gasteiger partial charge is 0.123 e. The highest BCUT2D eigenvalue weighted by molar-refractivity contribution is 6.31. The summed E-state index contributed by atoms with van der Waals surface area (Å²) in [7, 11) is 0. The molecule has 0 saturated carbocycles. The average molecular weight is 311 g/mol. The Bertz CT molecular complexity index is 398. The fraction of sp³-hybridized carbons (Fsp3) is 0.538. The van der Waals surface area contributed by atoms with Gasteiger partial charge in [0.15, 0.2) is 0 Å². The zero-order chi connectivity index (χ0) is 13.0. The molecule has 1 atom stereocenters. The van der Waals surface area contributed by atoms with E-state index in [1.807, 2.05) is 0 Å². The third kappa shape index (κ3) is 4.28. The minimum Gasteiger partial charge on any atom is -0.314 e. The van der Waals surface area contributed by atoms with Crippen LogP contribution in [0.4, 0.5) is 8.78 Å². The number of nitrogens with one attached hydrogen (secondary N) is 1. The highest BCUT2D eigenvalue weighted by atomic mass is 35.5. The second-order valence-electron chi connectivity index (χ2n) is 4.45. The van der Waals surface area contributed by atoms with Crippen LogP contribution in [-0.2, 0) is 0 Å². The lowest BCUT2D eigenvalue weighted by atomic mass is 10.0. The number of hydrogen-bond donors (Lipinski definition) is 1. The van der Waals surface area contributed by atoms with Crippen LogP contribution in [0.25, 0.3) is 0 Å². The van der Waals surface area contributed by atoms with Crippen LogP contribution in [-0.4, -0.2) is 37.8 Å². The fourth-order valence-electron chi connectivity index (χ4n) is 2.40. The lowest BCUT2D eigenvalue weighted by molar-refractivity contribution is 0.157. The van der Waals surface area contributed by atoms with E-state index in [0.717, 1.165) is 26.2 Å². The lowest BCUT2D eigenvalue weighted by Gasteiger charge is -2.35. The number of nitrogens with zero attached hydrogens (tertiary/aromatic N) is 1. The van der Waals surface area contributed by atoms with E-state index in [1.165, 1.54) is 12.1 Å². The first-order valence-corrected chi connectivity index (χ1v) is 6.56. The van der Waals surface area contributed by atoms with Crippen molar-refractivity contribution >= 4 is 24.0 Å². The topological polar surface area (TPSA) is 15.3 Å². The van der Waals surface area contributed by atoms with Crippen molar-refractivity contribution in [3.05, 3.63) is 34.6 Å². The van der Waals surface area contributed by atoms with Gasteiger partial charge in [0, 0.05) is 37.2 Å². The number of halogens is 4. The molecule has 1 aromatic rings. The van der Waals surface area contributed by atoms with E-state index in [2.05, 4.69) is 10.2 Å². The molecule has 1 aliphatic rings. The second kappa shape index (κ2) is 8.00. The molecule has 0 spiro atoms. The molecule has 1 N–H and O–H groups in total. The van der Waals surface area contributed by atoms with Crippen LogP contribution in [0.15, 0.2) is 18.2 Å².